The molecule has 1 aromatic rings. The van der Waals surface area contributed by atoms with E-state index in [0.717, 1.165) is 0 Å². The zero-order valence-electron chi connectivity index (χ0n) is 10.5. The Morgan fingerprint density at radius 2 is 1.68 bits per heavy atom. The third-order valence-electron chi connectivity index (χ3n) is 2.36. The van der Waals surface area contributed by atoms with Crippen LogP contribution < -0.4 is 2.81 Å². The molecule has 0 aliphatic rings. The molecule has 0 aromatic heterocycles. The fourth-order valence-corrected chi connectivity index (χ4v) is 2.39. The van der Waals surface area contributed by atoms with Crippen molar-refractivity contribution in [3.05, 3.63) is 28.8 Å². The molecular weight excluding hydrogens is 287 g/mol. The predicted octanol–water partition coefficient (Wildman–Crippen LogP) is -0.465. The zero-order valence-corrected chi connectivity index (χ0v) is 13.3. The average molecular weight is 296 g/mol. The normalized spacial score (nSPS) is 11.0. The summed E-state index contributed by atoms with van der Waals surface area (Å²) < 4.78 is 38.6. The second kappa shape index (κ2) is 6.02. The standard InChI is InChI=1S/C10H9O7S.Na/c1-6-7(9(11)16-2)4-3-5-8(6)10(12)17-18(13,14)15;/h4-5H,1-2H3,(H,13,14,15);. The van der Waals surface area contributed by atoms with Gasteiger partial charge in [-0.05, 0) is 0 Å². The summed E-state index contributed by atoms with van der Waals surface area (Å²) in [6.07, 6.45) is 0. The number of carbonyl (C=O) groups excluding carboxylic acids is 2. The topological polar surface area (TPSA) is 107 Å². The molecule has 0 unspecified atom stereocenters. The summed E-state index contributed by atoms with van der Waals surface area (Å²) in [6, 6.07) is 2.96. The van der Waals surface area contributed by atoms with E-state index in [1.54, 1.807) is 6.07 Å². The molecule has 0 bridgehead atoms. The molecule has 1 N–H and O–H groups in total. The molecule has 19 heavy (non-hydrogen) atoms. The first-order valence-electron chi connectivity index (χ1n) is 5.06. The number of hydrogen-bond donors (Lipinski definition) is 1. The van der Waals surface area contributed by atoms with Crippen LogP contribution in [0.3, 0.4) is 0 Å². The van der Waals surface area contributed by atoms with Gasteiger partial charge >= 0.3 is 127 Å². The van der Waals surface area contributed by atoms with E-state index in [4.69, 9.17) is 4.55 Å². The third-order valence-corrected chi connectivity index (χ3v) is 3.30. The summed E-state index contributed by atoms with van der Waals surface area (Å²) in [5.41, 5.74) is 0.267. The summed E-state index contributed by atoms with van der Waals surface area (Å²) in [6.45, 7) is 1.45. The first-order chi connectivity index (χ1) is 8.65. The summed E-state index contributed by atoms with van der Waals surface area (Å²) >= 11 is 0.527. The molecule has 0 amide bonds. The van der Waals surface area contributed by atoms with Gasteiger partial charge in [0.15, 0.2) is 0 Å². The molecule has 0 radical (unpaired) electrons. The van der Waals surface area contributed by atoms with Crippen LogP contribution in [0, 0.1) is 6.92 Å². The van der Waals surface area contributed by atoms with E-state index in [2.05, 4.69) is 8.92 Å². The molecular formula is C10H9NaO7S. The monoisotopic (exact) mass is 296 g/mol. The SMILES string of the molecule is COC(=O)c1c[c]([Na])cc(C(=O)OS(=O)(=O)O)c1C. The Hall–Kier alpha value is -0.930. The average Bonchev–Trinajstić information content (AvgIpc) is 2.28. The summed E-state index contributed by atoms with van der Waals surface area (Å²) in [5, 5.41) is 0. The predicted molar refractivity (Wildman–Crippen MR) is 64.9 cm³/mol. The third kappa shape index (κ3) is 4.29. The van der Waals surface area contributed by atoms with Gasteiger partial charge in [-0.2, -0.15) is 0 Å². The van der Waals surface area contributed by atoms with Crippen LogP contribution in [0.4, 0.5) is 0 Å². The molecule has 9 heteroatoms. The fourth-order valence-electron chi connectivity index (χ4n) is 1.53. The van der Waals surface area contributed by atoms with Crippen molar-refractivity contribution in [1.82, 2.24) is 0 Å². The van der Waals surface area contributed by atoms with Gasteiger partial charge < -0.3 is 0 Å². The van der Waals surface area contributed by atoms with E-state index in [9.17, 15) is 18.0 Å². The number of esters is 1. The zero-order chi connectivity index (χ0) is 14.8. The maximum atomic E-state index is 11.6. The molecule has 7 nitrogen and oxygen atoms in total. The van der Waals surface area contributed by atoms with E-state index < -0.39 is 22.3 Å². The van der Waals surface area contributed by atoms with Crippen LogP contribution in [0.25, 0.3) is 0 Å². The molecule has 0 saturated carbocycles. The summed E-state index contributed by atoms with van der Waals surface area (Å²) in [4.78, 5) is 23.1. The molecule has 1 aromatic carbocycles. The molecule has 0 aliphatic carbocycles. The minimum absolute atomic E-state index is 0.106. The first kappa shape index (κ1) is 16.1. The molecule has 0 heterocycles. The molecule has 0 fully saturated rings. The van der Waals surface area contributed by atoms with Gasteiger partial charge in [-0.25, -0.2) is 0 Å². The Bertz CT molecular complexity index is 636. The Morgan fingerprint density at radius 3 is 2.11 bits per heavy atom. The second-order valence-electron chi connectivity index (χ2n) is 3.78. The molecule has 98 valence electrons. The van der Waals surface area contributed by atoms with Gasteiger partial charge in [0.05, 0.1) is 0 Å². The second-order valence-corrected chi connectivity index (χ2v) is 5.95. The Balaban J connectivity index is 3.33. The fraction of sp³-hybridized carbons (Fsp3) is 0.200. The van der Waals surface area contributed by atoms with Gasteiger partial charge in [-0.15, -0.1) is 0 Å². The Labute approximate surface area is 127 Å². The number of carbonyl (C=O) groups is 2. The van der Waals surface area contributed by atoms with Gasteiger partial charge in [0.1, 0.15) is 0 Å². The molecule has 0 aliphatic heterocycles. The molecule has 0 atom stereocenters. The quantitative estimate of drug-likeness (QED) is 0.456. The number of ether oxygens (including phenoxy) is 1. The molecule has 0 spiro atoms. The Kier molecular flexibility index (Phi) is 5.11. The van der Waals surface area contributed by atoms with E-state index in [0.29, 0.717) is 30.7 Å². The van der Waals surface area contributed by atoms with Crippen molar-refractivity contribution in [2.24, 2.45) is 0 Å². The molecule has 0 saturated heterocycles. The van der Waals surface area contributed by atoms with Gasteiger partial charge in [0.25, 0.3) is 0 Å². The maximum absolute atomic E-state index is 11.6. The first-order valence-corrected chi connectivity index (χ1v) is 7.43. The molecule has 1 rings (SSSR count). The van der Waals surface area contributed by atoms with Crippen molar-refractivity contribution in [2.45, 2.75) is 6.92 Å². The van der Waals surface area contributed by atoms with E-state index in [1.807, 2.05) is 0 Å². The minimum atomic E-state index is -4.89. The van der Waals surface area contributed by atoms with Gasteiger partial charge in [0.2, 0.25) is 0 Å². The van der Waals surface area contributed by atoms with Crippen LogP contribution in [0.5, 0.6) is 0 Å². The summed E-state index contributed by atoms with van der Waals surface area (Å²) in [7, 11) is -3.70. The number of benzene rings is 1. The van der Waals surface area contributed by atoms with Crippen molar-refractivity contribution in [3.63, 3.8) is 0 Å². The number of methoxy groups -OCH3 is 1. The van der Waals surface area contributed by atoms with Gasteiger partial charge in [-0.1, -0.05) is 0 Å². The van der Waals surface area contributed by atoms with Crippen molar-refractivity contribution in [1.29, 1.82) is 0 Å². The summed E-state index contributed by atoms with van der Waals surface area (Å²) in [5.74, 6) is -1.89. The van der Waals surface area contributed by atoms with Crippen LogP contribution in [0.1, 0.15) is 26.3 Å². The van der Waals surface area contributed by atoms with E-state index >= 15 is 0 Å². The number of hydrogen-bond acceptors (Lipinski definition) is 6. The van der Waals surface area contributed by atoms with Crippen molar-refractivity contribution in [2.75, 3.05) is 7.11 Å². The van der Waals surface area contributed by atoms with Crippen LogP contribution in [0.15, 0.2) is 12.1 Å². The number of rotatable bonds is 3. The van der Waals surface area contributed by atoms with Crippen LogP contribution >= 0.6 is 0 Å². The van der Waals surface area contributed by atoms with Crippen molar-refractivity contribution < 1.29 is 31.5 Å². The van der Waals surface area contributed by atoms with Crippen LogP contribution in [-0.4, -0.2) is 59.9 Å². The Morgan fingerprint density at radius 1 is 1.21 bits per heavy atom. The van der Waals surface area contributed by atoms with Crippen LogP contribution in [0.2, 0.25) is 0 Å². The van der Waals surface area contributed by atoms with Crippen LogP contribution in [-0.2, 0) is 19.3 Å². The van der Waals surface area contributed by atoms with Gasteiger partial charge in [0, 0.05) is 0 Å². The van der Waals surface area contributed by atoms with Crippen molar-refractivity contribution >= 4 is 53.1 Å². The van der Waals surface area contributed by atoms with E-state index in [-0.39, 0.29) is 16.7 Å². The van der Waals surface area contributed by atoms with E-state index in [1.165, 1.54) is 20.1 Å². The van der Waals surface area contributed by atoms with Crippen molar-refractivity contribution in [3.8, 4) is 0 Å². The van der Waals surface area contributed by atoms with Gasteiger partial charge in [-0.3, -0.25) is 0 Å².